The van der Waals surface area contributed by atoms with Crippen molar-refractivity contribution in [2.75, 3.05) is 26.2 Å². The highest BCUT2D eigenvalue weighted by Gasteiger charge is 2.47. The lowest BCUT2D eigenvalue weighted by molar-refractivity contribution is -0.165. The molecule has 0 fully saturated rings. The van der Waals surface area contributed by atoms with Crippen LogP contribution in [0.1, 0.15) is 94.4 Å². The van der Waals surface area contributed by atoms with Gasteiger partial charge in [0.05, 0.1) is 5.41 Å². The van der Waals surface area contributed by atoms with E-state index < -0.39 is 5.41 Å². The van der Waals surface area contributed by atoms with Gasteiger partial charge in [-0.1, -0.05) is 68.2 Å². The maximum atomic E-state index is 13.0. The van der Waals surface area contributed by atoms with Crippen LogP contribution in [0, 0.1) is 16.2 Å². The third-order valence-corrected chi connectivity index (χ3v) is 5.29. The molecule has 150 valence electrons. The van der Waals surface area contributed by atoms with Crippen LogP contribution in [0.25, 0.3) is 0 Å². The van der Waals surface area contributed by atoms with Crippen molar-refractivity contribution >= 4 is 5.97 Å². The Morgan fingerprint density at radius 1 is 0.840 bits per heavy atom. The number of unbranched alkanes of at least 4 members (excludes halogenated alkanes) is 2. The number of esters is 1. The summed E-state index contributed by atoms with van der Waals surface area (Å²) >= 11 is 0. The summed E-state index contributed by atoms with van der Waals surface area (Å²) in [5, 5.41) is 0. The summed E-state index contributed by atoms with van der Waals surface area (Å²) in [4.78, 5) is 15.4. The van der Waals surface area contributed by atoms with Gasteiger partial charge in [0.1, 0.15) is 6.61 Å². The first kappa shape index (κ1) is 24.4. The molecular formula is C22H45NO2. The van der Waals surface area contributed by atoms with E-state index in [1.807, 2.05) is 0 Å². The van der Waals surface area contributed by atoms with Gasteiger partial charge < -0.3 is 4.74 Å². The van der Waals surface area contributed by atoms with Gasteiger partial charge in [-0.2, -0.15) is 0 Å². The fraction of sp³-hybridized carbons (Fsp3) is 0.955. The zero-order valence-electron chi connectivity index (χ0n) is 18.6. The first-order valence-corrected chi connectivity index (χ1v) is 10.3. The average molecular weight is 356 g/mol. The summed E-state index contributed by atoms with van der Waals surface area (Å²) in [7, 11) is 0. The van der Waals surface area contributed by atoms with Crippen LogP contribution in [-0.4, -0.2) is 37.1 Å². The summed E-state index contributed by atoms with van der Waals surface area (Å²) in [5.74, 6) is -0.0409. The molecule has 0 saturated carbocycles. The molecule has 3 heteroatoms. The van der Waals surface area contributed by atoms with Crippen molar-refractivity contribution in [2.45, 2.75) is 94.4 Å². The van der Waals surface area contributed by atoms with E-state index in [-0.39, 0.29) is 16.8 Å². The van der Waals surface area contributed by atoms with Crippen LogP contribution >= 0.6 is 0 Å². The summed E-state index contributed by atoms with van der Waals surface area (Å²) in [6.07, 6.45) is 5.66. The molecule has 3 nitrogen and oxygen atoms in total. The number of hydrogen-bond donors (Lipinski definition) is 0. The molecule has 0 amide bonds. The molecule has 0 aromatic heterocycles. The maximum Gasteiger partial charge on any atom is 0.312 e. The summed E-state index contributed by atoms with van der Waals surface area (Å²) in [6.45, 7) is 23.1. The molecule has 0 aliphatic heterocycles. The Hall–Kier alpha value is -0.570. The largest absolute Gasteiger partial charge is 0.464 e. The summed E-state index contributed by atoms with van der Waals surface area (Å²) in [5.41, 5.74) is -0.500. The van der Waals surface area contributed by atoms with Crippen LogP contribution in [0.5, 0.6) is 0 Å². The minimum Gasteiger partial charge on any atom is -0.464 e. The maximum absolute atomic E-state index is 13.0. The highest BCUT2D eigenvalue weighted by Crippen LogP contribution is 2.47. The molecule has 0 aliphatic carbocycles. The Bertz CT molecular complexity index is 370. The van der Waals surface area contributed by atoms with Crippen molar-refractivity contribution < 1.29 is 9.53 Å². The molecule has 0 radical (unpaired) electrons. The second-order valence-electron chi connectivity index (χ2n) is 10.0. The van der Waals surface area contributed by atoms with Gasteiger partial charge in [-0.15, -0.1) is 0 Å². The fourth-order valence-electron chi connectivity index (χ4n) is 3.23. The van der Waals surface area contributed by atoms with E-state index in [1.54, 1.807) is 0 Å². The van der Waals surface area contributed by atoms with Gasteiger partial charge in [0, 0.05) is 6.54 Å². The molecule has 25 heavy (non-hydrogen) atoms. The minimum absolute atomic E-state index is 0.0409. The Labute approximate surface area is 157 Å². The van der Waals surface area contributed by atoms with Gasteiger partial charge in [0.25, 0.3) is 0 Å². The molecule has 0 aliphatic rings. The minimum atomic E-state index is -0.469. The zero-order valence-corrected chi connectivity index (χ0v) is 18.6. The number of carbonyl (C=O) groups excluding carboxylic acids is 1. The Balaban J connectivity index is 4.79. The van der Waals surface area contributed by atoms with E-state index in [0.29, 0.717) is 6.61 Å². The Kier molecular flexibility index (Phi) is 10.3. The lowest BCUT2D eigenvalue weighted by Crippen LogP contribution is -2.45. The first-order chi connectivity index (χ1) is 11.4. The van der Waals surface area contributed by atoms with Gasteiger partial charge in [-0.05, 0) is 50.1 Å². The fourth-order valence-corrected chi connectivity index (χ4v) is 3.23. The highest BCUT2D eigenvalue weighted by atomic mass is 16.5. The SMILES string of the molecule is CCCCN(CCCC)CCOC(=O)C(C)(CC(C)(C)C)C(C)(C)C. The molecule has 0 N–H and O–H groups in total. The van der Waals surface area contributed by atoms with Crippen LogP contribution in [0.2, 0.25) is 0 Å². The number of ether oxygens (including phenoxy) is 1. The second-order valence-corrected chi connectivity index (χ2v) is 10.0. The summed E-state index contributed by atoms with van der Waals surface area (Å²) in [6, 6.07) is 0. The molecular weight excluding hydrogens is 310 g/mol. The van der Waals surface area contributed by atoms with Crippen molar-refractivity contribution in [1.82, 2.24) is 4.90 Å². The van der Waals surface area contributed by atoms with E-state index in [9.17, 15) is 4.79 Å². The van der Waals surface area contributed by atoms with Crippen molar-refractivity contribution in [3.8, 4) is 0 Å². The van der Waals surface area contributed by atoms with Crippen LogP contribution in [0.4, 0.5) is 0 Å². The van der Waals surface area contributed by atoms with E-state index >= 15 is 0 Å². The number of nitrogens with zero attached hydrogens (tertiary/aromatic N) is 1. The average Bonchev–Trinajstić information content (AvgIpc) is 2.46. The van der Waals surface area contributed by atoms with Crippen LogP contribution in [-0.2, 0) is 9.53 Å². The predicted molar refractivity (Wildman–Crippen MR) is 109 cm³/mol. The zero-order chi connectivity index (χ0) is 19.7. The van der Waals surface area contributed by atoms with Crippen LogP contribution < -0.4 is 0 Å². The van der Waals surface area contributed by atoms with Crippen LogP contribution in [0.3, 0.4) is 0 Å². The Morgan fingerprint density at radius 3 is 1.68 bits per heavy atom. The molecule has 0 aromatic rings. The van der Waals surface area contributed by atoms with Crippen molar-refractivity contribution in [2.24, 2.45) is 16.2 Å². The summed E-state index contributed by atoms with van der Waals surface area (Å²) < 4.78 is 5.79. The normalized spacial score (nSPS) is 15.3. The van der Waals surface area contributed by atoms with Gasteiger partial charge >= 0.3 is 5.97 Å². The van der Waals surface area contributed by atoms with E-state index in [1.165, 1.54) is 25.7 Å². The third kappa shape index (κ3) is 9.08. The lowest BCUT2D eigenvalue weighted by atomic mass is 9.61. The lowest BCUT2D eigenvalue weighted by Gasteiger charge is -2.43. The molecule has 0 rings (SSSR count). The molecule has 1 atom stereocenters. The molecule has 0 aromatic carbocycles. The number of hydrogen-bond acceptors (Lipinski definition) is 3. The number of carbonyl (C=O) groups is 1. The van der Waals surface area contributed by atoms with Gasteiger partial charge in [0.2, 0.25) is 0 Å². The second kappa shape index (κ2) is 10.5. The molecule has 0 bridgehead atoms. The van der Waals surface area contributed by atoms with Crippen molar-refractivity contribution in [3.05, 3.63) is 0 Å². The predicted octanol–water partition coefficient (Wildman–Crippen LogP) is 5.92. The number of rotatable bonds is 11. The molecule has 0 saturated heterocycles. The quantitative estimate of drug-likeness (QED) is 0.431. The highest BCUT2D eigenvalue weighted by molar-refractivity contribution is 5.77. The van der Waals surface area contributed by atoms with Crippen LogP contribution in [0.15, 0.2) is 0 Å². The van der Waals surface area contributed by atoms with E-state index in [0.717, 1.165) is 26.1 Å². The Morgan fingerprint density at radius 2 is 1.32 bits per heavy atom. The standard InChI is InChI=1S/C22H45NO2/c1-10-12-14-23(15-13-11-2)16-17-25-19(24)22(9,21(6,7)8)18-20(3,4)5/h10-18H2,1-9H3. The smallest absolute Gasteiger partial charge is 0.312 e. The molecule has 0 heterocycles. The van der Waals surface area contributed by atoms with E-state index in [2.05, 4.69) is 67.2 Å². The molecule has 1 unspecified atom stereocenters. The third-order valence-electron chi connectivity index (χ3n) is 5.29. The van der Waals surface area contributed by atoms with Gasteiger partial charge in [-0.3, -0.25) is 9.69 Å². The topological polar surface area (TPSA) is 29.5 Å². The van der Waals surface area contributed by atoms with Crippen molar-refractivity contribution in [1.29, 1.82) is 0 Å². The first-order valence-electron chi connectivity index (χ1n) is 10.3. The van der Waals surface area contributed by atoms with Gasteiger partial charge in [-0.25, -0.2) is 0 Å². The van der Waals surface area contributed by atoms with Gasteiger partial charge in [0.15, 0.2) is 0 Å². The monoisotopic (exact) mass is 355 g/mol. The molecule has 0 spiro atoms. The van der Waals surface area contributed by atoms with Crippen molar-refractivity contribution in [3.63, 3.8) is 0 Å². The van der Waals surface area contributed by atoms with E-state index in [4.69, 9.17) is 4.74 Å².